The number of hydrogen-bond donors (Lipinski definition) is 0. The van der Waals surface area contributed by atoms with Crippen molar-refractivity contribution in [2.24, 2.45) is 11.8 Å². The minimum Gasteiger partial charge on any atom is -0.299 e. The van der Waals surface area contributed by atoms with E-state index in [0.29, 0.717) is 24.4 Å². The van der Waals surface area contributed by atoms with E-state index in [-0.39, 0.29) is 11.8 Å². The van der Waals surface area contributed by atoms with E-state index in [1.165, 1.54) is 0 Å². The molecule has 0 bridgehead atoms. The SMILES string of the molecule is CC/C=C\C/C=C\C/C=C\C/C=C\C/C=C\C/C=C\CCC(=O)C(C)C.CC/C=C\C/C=C\C/C=C\C/C=C\C/C=C\CCCC(=O)C(C)C. The highest BCUT2D eigenvalue weighted by Gasteiger charge is 2.05. The third-order valence-electron chi connectivity index (χ3n) is 7.39. The van der Waals surface area contributed by atoms with E-state index >= 15 is 0 Å². The maximum Gasteiger partial charge on any atom is 0.135 e. The van der Waals surface area contributed by atoms with E-state index in [1.807, 2.05) is 27.7 Å². The molecular weight excluding hydrogens is 609 g/mol. The van der Waals surface area contributed by atoms with Gasteiger partial charge in [0.05, 0.1) is 0 Å². The molecule has 0 N–H and O–H groups in total. The molecule has 50 heavy (non-hydrogen) atoms. The monoisotopic (exact) mass is 683 g/mol. The minimum absolute atomic E-state index is 0.161. The molecule has 0 atom stereocenters. The minimum atomic E-state index is 0.161. The maximum absolute atomic E-state index is 11.5. The number of allylic oxidation sites excluding steroid dienone is 22. The quantitative estimate of drug-likeness (QED) is 0.0581. The molecule has 0 heterocycles. The summed E-state index contributed by atoms with van der Waals surface area (Å²) >= 11 is 0. The summed E-state index contributed by atoms with van der Waals surface area (Å²) in [5, 5.41) is 0. The van der Waals surface area contributed by atoms with Gasteiger partial charge in [-0.25, -0.2) is 0 Å². The second kappa shape index (κ2) is 41.7. The Bertz CT molecular complexity index is 1110. The second-order valence-electron chi connectivity index (χ2n) is 12.8. The lowest BCUT2D eigenvalue weighted by molar-refractivity contribution is -0.122. The number of rotatable bonds is 29. The predicted octanol–water partition coefficient (Wildman–Crippen LogP) is 14.8. The molecule has 0 aromatic heterocycles. The number of hydrogen-bond acceptors (Lipinski definition) is 2. The van der Waals surface area contributed by atoms with Gasteiger partial charge in [-0.05, 0) is 89.9 Å². The third-order valence-corrected chi connectivity index (χ3v) is 7.39. The van der Waals surface area contributed by atoms with Gasteiger partial charge in [0.15, 0.2) is 0 Å². The average Bonchev–Trinajstić information content (AvgIpc) is 3.10. The third kappa shape index (κ3) is 42.5. The second-order valence-corrected chi connectivity index (χ2v) is 12.8. The Morgan fingerprint density at radius 1 is 0.340 bits per heavy atom. The summed E-state index contributed by atoms with van der Waals surface area (Å²) in [6, 6.07) is 0. The molecule has 0 aliphatic carbocycles. The van der Waals surface area contributed by atoms with Crippen LogP contribution in [0.2, 0.25) is 0 Å². The molecule has 0 saturated carbocycles. The van der Waals surface area contributed by atoms with Crippen molar-refractivity contribution in [2.75, 3.05) is 0 Å². The summed E-state index contributed by atoms with van der Waals surface area (Å²) in [6.45, 7) is 12.2. The van der Waals surface area contributed by atoms with Crippen LogP contribution in [0.15, 0.2) is 134 Å². The Balaban J connectivity index is 0. The number of carbonyl (C=O) groups is 2. The summed E-state index contributed by atoms with van der Waals surface area (Å²) < 4.78 is 0. The van der Waals surface area contributed by atoms with Crippen LogP contribution in [0.5, 0.6) is 0 Å². The molecule has 0 aliphatic rings. The van der Waals surface area contributed by atoms with E-state index in [1.54, 1.807) is 0 Å². The van der Waals surface area contributed by atoms with Gasteiger partial charge < -0.3 is 0 Å². The van der Waals surface area contributed by atoms with Crippen LogP contribution in [0.3, 0.4) is 0 Å². The van der Waals surface area contributed by atoms with Crippen LogP contribution in [0.25, 0.3) is 0 Å². The highest BCUT2D eigenvalue weighted by atomic mass is 16.1. The molecule has 0 unspecified atom stereocenters. The zero-order chi connectivity index (χ0) is 37.2. The zero-order valence-corrected chi connectivity index (χ0v) is 33.0. The molecule has 2 heteroatoms. The summed E-state index contributed by atoms with van der Waals surface area (Å²) in [5.74, 6) is 1.07. The van der Waals surface area contributed by atoms with Gasteiger partial charge in [-0.1, -0.05) is 175 Å². The van der Waals surface area contributed by atoms with Crippen LogP contribution in [-0.4, -0.2) is 11.6 Å². The standard InChI is InChI=1S/C25H38O.C23H36O/c1-4-5-6-7-8-9-10-11-12-13-14-15-16-17-18-19-20-21-22-23-25(26)24(2)3;1-4-5-6-7-8-9-10-11-12-13-14-15-16-17-18-19-20-21-23(24)22(2)3/h5-6,8-9,11-12,14-15,17-18,20-21,24H,4,7,10,13,16,19,22-23H2,1-3H3;5-6,8-9,11-12,14-15,17-18,22H,4,7,10,13,16,19-21H2,1-3H3/b6-5-,9-8-,12-11-,15-14-,18-17-,21-20-;6-5-,9-8-,12-11-,15-14-,18-17-. The van der Waals surface area contributed by atoms with Crippen molar-refractivity contribution in [2.45, 2.75) is 144 Å². The molecule has 0 spiro atoms. The van der Waals surface area contributed by atoms with Crippen molar-refractivity contribution in [3.05, 3.63) is 134 Å². The van der Waals surface area contributed by atoms with E-state index in [2.05, 4.69) is 148 Å². The fourth-order valence-corrected chi connectivity index (χ4v) is 4.21. The lowest BCUT2D eigenvalue weighted by Gasteiger charge is -2.01. The summed E-state index contributed by atoms with van der Waals surface area (Å²) in [5.41, 5.74) is 0. The Labute approximate surface area is 310 Å². The molecule has 0 amide bonds. The lowest BCUT2D eigenvalue weighted by atomic mass is 10.0. The van der Waals surface area contributed by atoms with Gasteiger partial charge in [-0.15, -0.1) is 0 Å². The molecule has 278 valence electrons. The Kier molecular flexibility index (Phi) is 40.5. The van der Waals surface area contributed by atoms with Crippen LogP contribution in [0.4, 0.5) is 0 Å². The van der Waals surface area contributed by atoms with Crippen molar-refractivity contribution >= 4 is 11.6 Å². The number of Topliss-reactive ketones (excluding diaryl/α,β-unsaturated/α-hetero) is 2. The first-order chi connectivity index (χ1) is 24.4. The van der Waals surface area contributed by atoms with Crippen molar-refractivity contribution in [1.82, 2.24) is 0 Å². The highest BCUT2D eigenvalue weighted by Crippen LogP contribution is 2.06. The molecule has 0 saturated heterocycles. The fraction of sp³-hybridized carbons (Fsp3) is 0.500. The van der Waals surface area contributed by atoms with E-state index in [0.717, 1.165) is 89.9 Å². The van der Waals surface area contributed by atoms with Crippen LogP contribution in [0.1, 0.15) is 144 Å². The van der Waals surface area contributed by atoms with E-state index in [4.69, 9.17) is 0 Å². The van der Waals surface area contributed by atoms with Crippen LogP contribution in [-0.2, 0) is 9.59 Å². The van der Waals surface area contributed by atoms with Crippen molar-refractivity contribution in [1.29, 1.82) is 0 Å². The Hall–Kier alpha value is -3.52. The van der Waals surface area contributed by atoms with Crippen molar-refractivity contribution < 1.29 is 9.59 Å². The van der Waals surface area contributed by atoms with Crippen LogP contribution in [0, 0.1) is 11.8 Å². The van der Waals surface area contributed by atoms with Gasteiger partial charge in [-0.2, -0.15) is 0 Å². The lowest BCUT2D eigenvalue weighted by Crippen LogP contribution is -2.05. The predicted molar refractivity (Wildman–Crippen MR) is 225 cm³/mol. The molecule has 0 aromatic rings. The van der Waals surface area contributed by atoms with E-state index in [9.17, 15) is 9.59 Å². The Morgan fingerprint density at radius 2 is 0.580 bits per heavy atom. The first-order valence-electron chi connectivity index (χ1n) is 19.6. The first kappa shape index (κ1) is 48.6. The zero-order valence-electron chi connectivity index (χ0n) is 33.0. The fourth-order valence-electron chi connectivity index (χ4n) is 4.21. The number of carbonyl (C=O) groups excluding carboxylic acids is 2. The van der Waals surface area contributed by atoms with Crippen LogP contribution < -0.4 is 0 Å². The van der Waals surface area contributed by atoms with Gasteiger partial charge in [0, 0.05) is 24.7 Å². The van der Waals surface area contributed by atoms with Gasteiger partial charge in [0.1, 0.15) is 11.6 Å². The summed E-state index contributed by atoms with van der Waals surface area (Å²) in [6.07, 6.45) is 63.8. The van der Waals surface area contributed by atoms with Crippen molar-refractivity contribution in [3.8, 4) is 0 Å². The maximum atomic E-state index is 11.5. The molecule has 0 fully saturated rings. The highest BCUT2D eigenvalue weighted by molar-refractivity contribution is 5.80. The molecule has 0 rings (SSSR count). The van der Waals surface area contributed by atoms with E-state index < -0.39 is 0 Å². The van der Waals surface area contributed by atoms with Gasteiger partial charge in [-0.3, -0.25) is 9.59 Å². The topological polar surface area (TPSA) is 34.1 Å². The van der Waals surface area contributed by atoms with Gasteiger partial charge >= 0.3 is 0 Å². The van der Waals surface area contributed by atoms with Gasteiger partial charge in [0.2, 0.25) is 0 Å². The smallest absolute Gasteiger partial charge is 0.135 e. The number of unbranched alkanes of at least 4 members (excludes halogenated alkanes) is 1. The number of ketones is 2. The Morgan fingerprint density at radius 3 is 0.860 bits per heavy atom. The first-order valence-corrected chi connectivity index (χ1v) is 19.6. The molecule has 0 aromatic carbocycles. The molecular formula is C48H74O2. The van der Waals surface area contributed by atoms with Crippen molar-refractivity contribution in [3.63, 3.8) is 0 Å². The largest absolute Gasteiger partial charge is 0.299 e. The molecule has 0 aliphatic heterocycles. The summed E-state index contributed by atoms with van der Waals surface area (Å²) in [7, 11) is 0. The summed E-state index contributed by atoms with van der Waals surface area (Å²) in [4.78, 5) is 22.9. The van der Waals surface area contributed by atoms with Gasteiger partial charge in [0.25, 0.3) is 0 Å². The normalized spacial score (nSPS) is 13.1. The van der Waals surface area contributed by atoms with Crippen LogP contribution >= 0.6 is 0 Å². The molecule has 0 radical (unpaired) electrons. The molecule has 2 nitrogen and oxygen atoms in total. The average molecular weight is 683 g/mol.